The normalized spacial score (nSPS) is 14.5. The number of hydrogen-bond acceptors (Lipinski definition) is 9. The molecular weight excluding hydrogens is 613 g/mol. The average Bonchev–Trinajstić information content (AvgIpc) is 3.86. The molecule has 224 valence electrons. The molecule has 0 spiro atoms. The maximum Gasteiger partial charge on any atom is 0.261 e. The number of nitrogens with zero attached hydrogens (tertiary/aromatic N) is 5. The van der Waals surface area contributed by atoms with Crippen LogP contribution in [0, 0.1) is 6.92 Å². The van der Waals surface area contributed by atoms with Crippen LogP contribution in [0.1, 0.15) is 50.9 Å². The lowest BCUT2D eigenvalue weighted by Gasteiger charge is -2.22. The Kier molecular flexibility index (Phi) is 9.20. The van der Waals surface area contributed by atoms with Crippen molar-refractivity contribution in [2.24, 2.45) is 5.10 Å². The van der Waals surface area contributed by atoms with Crippen molar-refractivity contribution in [3.63, 3.8) is 0 Å². The van der Waals surface area contributed by atoms with E-state index in [1.807, 2.05) is 71.6 Å². The van der Waals surface area contributed by atoms with Crippen molar-refractivity contribution in [1.29, 1.82) is 0 Å². The van der Waals surface area contributed by atoms with Gasteiger partial charge < -0.3 is 10.1 Å². The molecule has 5 aromatic rings. The summed E-state index contributed by atoms with van der Waals surface area (Å²) in [7, 11) is 0. The number of benzene rings is 2. The van der Waals surface area contributed by atoms with Crippen molar-refractivity contribution in [2.45, 2.75) is 38.0 Å². The number of ether oxygens (including phenoxy) is 1. The molecule has 1 N–H and O–H groups in total. The molecule has 3 aromatic heterocycles. The van der Waals surface area contributed by atoms with E-state index >= 15 is 0 Å². The fourth-order valence-corrected chi connectivity index (χ4v) is 7.04. The van der Waals surface area contributed by atoms with E-state index in [0.29, 0.717) is 28.9 Å². The van der Waals surface area contributed by atoms with Gasteiger partial charge in [0.15, 0.2) is 11.0 Å². The van der Waals surface area contributed by atoms with Crippen LogP contribution in [0.3, 0.4) is 0 Å². The Hall–Kier alpha value is -4.26. The zero-order valence-corrected chi connectivity index (χ0v) is 26.6. The largest absolute Gasteiger partial charge is 0.494 e. The number of thiophene rings is 2. The predicted molar refractivity (Wildman–Crippen MR) is 175 cm³/mol. The van der Waals surface area contributed by atoms with Gasteiger partial charge in [-0.15, -0.1) is 32.9 Å². The molecule has 6 rings (SSSR count). The highest BCUT2D eigenvalue weighted by Crippen LogP contribution is 2.35. The summed E-state index contributed by atoms with van der Waals surface area (Å²) in [4.78, 5) is 28.1. The van der Waals surface area contributed by atoms with Crippen molar-refractivity contribution in [3.8, 4) is 11.4 Å². The summed E-state index contributed by atoms with van der Waals surface area (Å²) in [5.41, 5.74) is 3.91. The van der Waals surface area contributed by atoms with Crippen LogP contribution in [-0.4, -0.2) is 49.7 Å². The first-order valence-corrected chi connectivity index (χ1v) is 16.9. The molecule has 0 aliphatic carbocycles. The van der Waals surface area contributed by atoms with Crippen LogP contribution in [0.15, 0.2) is 93.8 Å². The molecular formula is C32H30N6O3S3. The quantitative estimate of drug-likeness (QED) is 0.165. The first kappa shape index (κ1) is 29.8. The number of carbonyl (C=O) groups is 2. The summed E-state index contributed by atoms with van der Waals surface area (Å²) < 4.78 is 7.49. The van der Waals surface area contributed by atoms with Crippen molar-refractivity contribution < 1.29 is 14.3 Å². The van der Waals surface area contributed by atoms with Crippen molar-refractivity contribution in [1.82, 2.24) is 25.1 Å². The fraction of sp³-hybridized carbons (Fsp3) is 0.219. The smallest absolute Gasteiger partial charge is 0.261 e. The molecule has 0 unspecified atom stereocenters. The minimum Gasteiger partial charge on any atom is -0.494 e. The number of aryl methyl sites for hydroxylation is 1. The van der Waals surface area contributed by atoms with Gasteiger partial charge in [-0.05, 0) is 66.6 Å². The summed E-state index contributed by atoms with van der Waals surface area (Å²) in [6.45, 7) is 4.71. The molecule has 44 heavy (non-hydrogen) atoms. The van der Waals surface area contributed by atoms with Crippen LogP contribution in [0.5, 0.6) is 5.75 Å². The highest BCUT2D eigenvalue weighted by atomic mass is 32.2. The lowest BCUT2D eigenvalue weighted by molar-refractivity contribution is -0.130. The van der Waals surface area contributed by atoms with E-state index < -0.39 is 0 Å². The van der Waals surface area contributed by atoms with E-state index in [9.17, 15) is 9.59 Å². The summed E-state index contributed by atoms with van der Waals surface area (Å²) >= 11 is 4.29. The summed E-state index contributed by atoms with van der Waals surface area (Å²) in [5, 5.41) is 22.6. The lowest BCUT2D eigenvalue weighted by Crippen LogP contribution is -2.28. The predicted octanol–water partition coefficient (Wildman–Crippen LogP) is 6.50. The molecule has 0 radical (unpaired) electrons. The highest BCUT2D eigenvalue weighted by Gasteiger charge is 2.33. The van der Waals surface area contributed by atoms with Crippen LogP contribution in [0.4, 0.5) is 0 Å². The molecule has 9 nitrogen and oxygen atoms in total. The summed E-state index contributed by atoms with van der Waals surface area (Å²) in [6, 6.07) is 23.3. The number of thioether (sulfide) groups is 1. The van der Waals surface area contributed by atoms with E-state index in [4.69, 9.17) is 9.84 Å². The van der Waals surface area contributed by atoms with E-state index in [1.54, 1.807) is 22.4 Å². The SMILES string of the molecule is CCOc1ccc(-n2c(CNC(=O)c3cccs3)nnc2SCC(=O)N2N=C(c3cccs3)C[C@H]2c2ccc(C)cc2)cc1. The molecule has 1 aliphatic heterocycles. The second-order valence-electron chi connectivity index (χ2n) is 10.0. The van der Waals surface area contributed by atoms with Gasteiger partial charge in [0, 0.05) is 12.1 Å². The number of hydrazone groups is 1. The third-order valence-corrected chi connectivity index (χ3v) is 9.72. The number of nitrogens with one attached hydrogen (secondary N) is 1. The highest BCUT2D eigenvalue weighted by molar-refractivity contribution is 7.99. The molecule has 12 heteroatoms. The summed E-state index contributed by atoms with van der Waals surface area (Å²) in [6.07, 6.45) is 0.649. The molecule has 0 saturated heterocycles. The van der Waals surface area contributed by atoms with Crippen LogP contribution in [-0.2, 0) is 11.3 Å². The second kappa shape index (κ2) is 13.6. The van der Waals surface area contributed by atoms with E-state index in [2.05, 4.69) is 39.8 Å². The van der Waals surface area contributed by atoms with Gasteiger partial charge in [0.05, 0.1) is 40.4 Å². The topological polar surface area (TPSA) is 102 Å². The minimum absolute atomic E-state index is 0.111. The van der Waals surface area contributed by atoms with Gasteiger partial charge in [-0.25, -0.2) is 5.01 Å². The number of carbonyl (C=O) groups excluding carboxylic acids is 2. The molecule has 1 atom stereocenters. The second-order valence-corrected chi connectivity index (χ2v) is 12.8. The molecule has 0 fully saturated rings. The minimum atomic E-state index is -0.187. The van der Waals surface area contributed by atoms with Crippen LogP contribution >= 0.6 is 34.4 Å². The Morgan fingerprint density at radius 1 is 1.00 bits per heavy atom. The molecule has 4 heterocycles. The molecule has 0 saturated carbocycles. The third kappa shape index (κ3) is 6.62. The molecule has 2 amide bonds. The first-order valence-electron chi connectivity index (χ1n) is 14.1. The zero-order chi connectivity index (χ0) is 30.5. The molecule has 1 aliphatic rings. The Balaban J connectivity index is 1.24. The van der Waals surface area contributed by atoms with Gasteiger partial charge in [-0.1, -0.05) is 53.7 Å². The number of rotatable bonds is 11. The van der Waals surface area contributed by atoms with E-state index in [0.717, 1.165) is 33.2 Å². The fourth-order valence-electron chi connectivity index (χ4n) is 4.85. The van der Waals surface area contributed by atoms with E-state index in [1.165, 1.54) is 23.1 Å². The Morgan fingerprint density at radius 2 is 1.77 bits per heavy atom. The Labute approximate surface area is 267 Å². The Bertz CT molecular complexity index is 1750. The monoisotopic (exact) mass is 642 g/mol. The zero-order valence-electron chi connectivity index (χ0n) is 24.2. The maximum absolute atomic E-state index is 13.8. The van der Waals surface area contributed by atoms with Crippen LogP contribution < -0.4 is 10.1 Å². The van der Waals surface area contributed by atoms with Gasteiger partial charge in [0.1, 0.15) is 5.75 Å². The van der Waals surface area contributed by atoms with E-state index in [-0.39, 0.29) is 30.2 Å². The van der Waals surface area contributed by atoms with Gasteiger partial charge in [0.2, 0.25) is 0 Å². The lowest BCUT2D eigenvalue weighted by atomic mass is 10.00. The van der Waals surface area contributed by atoms with Gasteiger partial charge in [-0.3, -0.25) is 14.2 Å². The maximum atomic E-state index is 13.8. The van der Waals surface area contributed by atoms with Crippen molar-refractivity contribution in [3.05, 3.63) is 110 Å². The van der Waals surface area contributed by atoms with Crippen molar-refractivity contribution >= 4 is 52.0 Å². The standard InChI is InChI=1S/C32H30N6O3S3/c1-3-41-24-14-12-23(13-15-24)37-29(19-33-31(40)28-7-5-17-43-28)34-35-32(37)44-20-30(39)38-26(22-10-8-21(2)9-11-22)18-25(36-38)27-6-4-16-42-27/h4-17,26H,3,18-20H2,1-2H3,(H,33,40)/t26-/m0/s1. The van der Waals surface area contributed by atoms with Crippen LogP contribution in [0.25, 0.3) is 5.69 Å². The molecule has 0 bridgehead atoms. The number of amides is 2. The first-order chi connectivity index (χ1) is 21.5. The molecule has 2 aromatic carbocycles. The van der Waals surface area contributed by atoms with Gasteiger partial charge in [-0.2, -0.15) is 5.10 Å². The third-order valence-electron chi connectivity index (χ3n) is 7.02. The Morgan fingerprint density at radius 3 is 2.48 bits per heavy atom. The van der Waals surface area contributed by atoms with Gasteiger partial charge in [0.25, 0.3) is 11.8 Å². The van der Waals surface area contributed by atoms with Crippen LogP contribution in [0.2, 0.25) is 0 Å². The average molecular weight is 643 g/mol. The summed E-state index contributed by atoms with van der Waals surface area (Å²) in [5.74, 6) is 1.10. The van der Waals surface area contributed by atoms with Gasteiger partial charge >= 0.3 is 0 Å². The van der Waals surface area contributed by atoms with Crippen molar-refractivity contribution in [2.75, 3.05) is 12.4 Å². The number of aromatic nitrogens is 3. The number of hydrogen-bond donors (Lipinski definition) is 1.